The van der Waals surface area contributed by atoms with Crippen molar-refractivity contribution in [3.63, 3.8) is 0 Å². The van der Waals surface area contributed by atoms with E-state index < -0.39 is 6.10 Å². The highest BCUT2D eigenvalue weighted by molar-refractivity contribution is 9.10. The molecular formula is C11H11BrN2OS. The predicted molar refractivity (Wildman–Crippen MR) is 67.5 cm³/mol. The fourth-order valence-electron chi connectivity index (χ4n) is 1.36. The zero-order chi connectivity index (χ0) is 11.5. The van der Waals surface area contributed by atoms with Gasteiger partial charge in [0, 0.05) is 29.0 Å². The number of nitrogens with zero attached hydrogens (tertiary/aromatic N) is 2. The number of thiazole rings is 1. The first-order valence-electron chi connectivity index (χ1n) is 4.86. The number of aliphatic hydroxyl groups is 1. The van der Waals surface area contributed by atoms with Crippen LogP contribution in [0, 0.1) is 6.92 Å². The molecule has 0 aromatic carbocycles. The van der Waals surface area contributed by atoms with Gasteiger partial charge in [-0.1, -0.05) is 0 Å². The van der Waals surface area contributed by atoms with E-state index in [1.165, 1.54) is 11.3 Å². The lowest BCUT2D eigenvalue weighted by Gasteiger charge is -2.06. The van der Waals surface area contributed by atoms with Crippen LogP contribution in [0.5, 0.6) is 0 Å². The molecule has 0 saturated heterocycles. The summed E-state index contributed by atoms with van der Waals surface area (Å²) in [7, 11) is 0. The van der Waals surface area contributed by atoms with Crippen molar-refractivity contribution in [2.45, 2.75) is 19.4 Å². The highest BCUT2D eigenvalue weighted by atomic mass is 79.9. The second kappa shape index (κ2) is 5.03. The third-order valence-electron chi connectivity index (χ3n) is 2.16. The summed E-state index contributed by atoms with van der Waals surface area (Å²) in [5, 5.41) is 10.9. The van der Waals surface area contributed by atoms with Crippen molar-refractivity contribution in [3.8, 4) is 0 Å². The van der Waals surface area contributed by atoms with Crippen LogP contribution in [0.3, 0.4) is 0 Å². The average Bonchev–Trinajstić information content (AvgIpc) is 2.68. The van der Waals surface area contributed by atoms with Crippen LogP contribution in [0.1, 0.15) is 21.7 Å². The molecule has 84 valence electrons. The van der Waals surface area contributed by atoms with E-state index in [4.69, 9.17) is 0 Å². The average molecular weight is 299 g/mol. The monoisotopic (exact) mass is 298 g/mol. The van der Waals surface area contributed by atoms with Gasteiger partial charge >= 0.3 is 0 Å². The van der Waals surface area contributed by atoms with Gasteiger partial charge in [0.15, 0.2) is 0 Å². The van der Waals surface area contributed by atoms with Crippen LogP contribution in [-0.2, 0) is 6.42 Å². The number of hydrogen-bond donors (Lipinski definition) is 1. The Morgan fingerprint density at radius 2 is 2.19 bits per heavy atom. The smallest absolute Gasteiger partial charge is 0.0953 e. The van der Waals surface area contributed by atoms with Crippen molar-refractivity contribution in [2.24, 2.45) is 0 Å². The van der Waals surface area contributed by atoms with Crippen molar-refractivity contribution < 1.29 is 5.11 Å². The van der Waals surface area contributed by atoms with Crippen LogP contribution in [0.25, 0.3) is 0 Å². The van der Waals surface area contributed by atoms with E-state index in [1.807, 2.05) is 19.1 Å². The molecule has 5 heteroatoms. The van der Waals surface area contributed by atoms with E-state index in [9.17, 15) is 5.11 Å². The lowest BCUT2D eigenvalue weighted by Crippen LogP contribution is -2.01. The van der Waals surface area contributed by atoms with Crippen molar-refractivity contribution in [1.29, 1.82) is 0 Å². The van der Waals surface area contributed by atoms with Crippen molar-refractivity contribution in [3.05, 3.63) is 44.6 Å². The molecular weight excluding hydrogens is 288 g/mol. The Labute approximate surface area is 106 Å². The van der Waals surface area contributed by atoms with Gasteiger partial charge in [-0.3, -0.25) is 4.98 Å². The molecule has 0 aliphatic heterocycles. The van der Waals surface area contributed by atoms with Crippen molar-refractivity contribution in [1.82, 2.24) is 9.97 Å². The maximum absolute atomic E-state index is 9.98. The molecule has 0 fully saturated rings. The van der Waals surface area contributed by atoms with Gasteiger partial charge in [-0.15, -0.1) is 11.3 Å². The molecule has 0 aliphatic carbocycles. The molecule has 1 unspecified atom stereocenters. The maximum atomic E-state index is 9.98. The summed E-state index contributed by atoms with van der Waals surface area (Å²) in [6.07, 6.45) is 3.47. The van der Waals surface area contributed by atoms with Crippen LogP contribution in [-0.4, -0.2) is 15.1 Å². The predicted octanol–water partition coefficient (Wildman–Crippen LogP) is 2.89. The molecule has 1 N–H and O–H groups in total. The SMILES string of the molecule is Cc1ncc(C(O)Cc2ccc(Br)cn2)s1. The minimum Gasteiger partial charge on any atom is -0.387 e. The molecule has 2 heterocycles. The molecule has 0 spiro atoms. The number of halogens is 1. The molecule has 1 atom stereocenters. The third-order valence-corrected chi connectivity index (χ3v) is 3.64. The lowest BCUT2D eigenvalue weighted by atomic mass is 10.1. The number of hydrogen-bond acceptors (Lipinski definition) is 4. The Morgan fingerprint density at radius 3 is 2.75 bits per heavy atom. The van der Waals surface area contributed by atoms with Gasteiger partial charge in [-0.05, 0) is 35.0 Å². The molecule has 0 saturated carbocycles. The second-order valence-electron chi connectivity index (χ2n) is 3.47. The molecule has 0 amide bonds. The number of rotatable bonds is 3. The quantitative estimate of drug-likeness (QED) is 0.948. The van der Waals surface area contributed by atoms with Crippen LogP contribution < -0.4 is 0 Å². The van der Waals surface area contributed by atoms with E-state index >= 15 is 0 Å². The lowest BCUT2D eigenvalue weighted by molar-refractivity contribution is 0.181. The Balaban J connectivity index is 2.07. The molecule has 2 aromatic heterocycles. The third kappa shape index (κ3) is 2.87. The van der Waals surface area contributed by atoms with E-state index in [0.717, 1.165) is 20.1 Å². The Bertz CT molecular complexity index is 469. The molecule has 3 nitrogen and oxygen atoms in total. The first kappa shape index (κ1) is 11.7. The normalized spacial score (nSPS) is 12.7. The highest BCUT2D eigenvalue weighted by Gasteiger charge is 2.11. The summed E-state index contributed by atoms with van der Waals surface area (Å²) in [5.74, 6) is 0. The highest BCUT2D eigenvalue weighted by Crippen LogP contribution is 2.23. The fraction of sp³-hybridized carbons (Fsp3) is 0.273. The molecule has 0 aliphatic rings. The molecule has 0 radical (unpaired) electrons. The van der Waals surface area contributed by atoms with E-state index in [1.54, 1.807) is 12.4 Å². The number of pyridine rings is 1. The minimum absolute atomic E-state index is 0.514. The first-order valence-corrected chi connectivity index (χ1v) is 6.47. The maximum Gasteiger partial charge on any atom is 0.0953 e. The van der Waals surface area contributed by atoms with E-state index in [2.05, 4.69) is 25.9 Å². The van der Waals surface area contributed by atoms with Gasteiger partial charge in [-0.25, -0.2) is 4.98 Å². The van der Waals surface area contributed by atoms with Crippen LogP contribution in [0.4, 0.5) is 0 Å². The largest absolute Gasteiger partial charge is 0.387 e. The standard InChI is InChI=1S/C11H11BrN2OS/c1-7-13-6-11(16-7)10(15)4-9-3-2-8(12)5-14-9/h2-3,5-6,10,15H,4H2,1H3. The first-order chi connectivity index (χ1) is 7.65. The van der Waals surface area contributed by atoms with Gasteiger partial charge < -0.3 is 5.11 Å². The number of aryl methyl sites for hydroxylation is 1. The van der Waals surface area contributed by atoms with Gasteiger partial charge in [0.25, 0.3) is 0 Å². The van der Waals surface area contributed by atoms with Gasteiger partial charge in [0.2, 0.25) is 0 Å². The van der Waals surface area contributed by atoms with Crippen LogP contribution >= 0.6 is 27.3 Å². The van der Waals surface area contributed by atoms with Crippen molar-refractivity contribution >= 4 is 27.3 Å². The van der Waals surface area contributed by atoms with E-state index in [0.29, 0.717) is 6.42 Å². The molecule has 2 rings (SSSR count). The van der Waals surface area contributed by atoms with Gasteiger partial charge in [0.05, 0.1) is 16.0 Å². The Kier molecular flexibility index (Phi) is 3.68. The summed E-state index contributed by atoms with van der Waals surface area (Å²) in [4.78, 5) is 9.24. The summed E-state index contributed by atoms with van der Waals surface area (Å²) < 4.78 is 0.944. The molecule has 16 heavy (non-hydrogen) atoms. The Hall–Kier alpha value is -0.780. The number of aliphatic hydroxyl groups excluding tert-OH is 1. The fourth-order valence-corrected chi connectivity index (χ4v) is 2.36. The van der Waals surface area contributed by atoms with E-state index in [-0.39, 0.29) is 0 Å². The van der Waals surface area contributed by atoms with Crippen LogP contribution in [0.15, 0.2) is 29.0 Å². The summed E-state index contributed by atoms with van der Waals surface area (Å²) >= 11 is 4.85. The minimum atomic E-state index is -0.514. The topological polar surface area (TPSA) is 46.0 Å². The van der Waals surface area contributed by atoms with Gasteiger partial charge in [-0.2, -0.15) is 0 Å². The zero-order valence-corrected chi connectivity index (χ0v) is 11.1. The molecule has 0 bridgehead atoms. The Morgan fingerprint density at radius 1 is 1.38 bits per heavy atom. The molecule has 2 aromatic rings. The van der Waals surface area contributed by atoms with Crippen LogP contribution in [0.2, 0.25) is 0 Å². The summed E-state index contributed by atoms with van der Waals surface area (Å²) in [6, 6.07) is 3.83. The summed E-state index contributed by atoms with van der Waals surface area (Å²) in [6.45, 7) is 1.93. The number of aromatic nitrogens is 2. The summed E-state index contributed by atoms with van der Waals surface area (Å²) in [5.41, 5.74) is 0.877. The second-order valence-corrected chi connectivity index (χ2v) is 5.65. The van der Waals surface area contributed by atoms with Crippen molar-refractivity contribution in [2.75, 3.05) is 0 Å². The zero-order valence-electron chi connectivity index (χ0n) is 8.72. The van der Waals surface area contributed by atoms with Gasteiger partial charge in [0.1, 0.15) is 0 Å².